The van der Waals surface area contributed by atoms with Crippen LogP contribution in [0.4, 0.5) is 0 Å². The van der Waals surface area contributed by atoms with Gasteiger partial charge in [-0.1, -0.05) is 66.2 Å². The lowest BCUT2D eigenvalue weighted by molar-refractivity contribution is -0.134. The first-order chi connectivity index (χ1) is 13.9. The van der Waals surface area contributed by atoms with Crippen molar-refractivity contribution in [2.75, 3.05) is 7.11 Å². The van der Waals surface area contributed by atoms with Gasteiger partial charge in [0.05, 0.1) is 24.1 Å². The van der Waals surface area contributed by atoms with Crippen LogP contribution in [0, 0.1) is 6.92 Å². The van der Waals surface area contributed by atoms with Gasteiger partial charge in [-0.3, -0.25) is 0 Å². The van der Waals surface area contributed by atoms with Crippen LogP contribution >= 0.6 is 0 Å². The number of methoxy groups -OCH3 is 1. The molecule has 0 bridgehead atoms. The van der Waals surface area contributed by atoms with E-state index in [0.29, 0.717) is 0 Å². The summed E-state index contributed by atoms with van der Waals surface area (Å²) in [4.78, 5) is 11.8. The van der Waals surface area contributed by atoms with Gasteiger partial charge in [0.1, 0.15) is 0 Å². The van der Waals surface area contributed by atoms with E-state index in [-0.39, 0.29) is 10.9 Å². The van der Waals surface area contributed by atoms with E-state index in [1.165, 1.54) is 17.5 Å². The summed E-state index contributed by atoms with van der Waals surface area (Å²) in [5.41, 5.74) is 1.90. The van der Waals surface area contributed by atoms with Crippen molar-refractivity contribution >= 4 is 26.8 Å². The highest BCUT2D eigenvalue weighted by Crippen LogP contribution is 2.50. The standard InChI is InChI=1S/C23H21NO4S/c1-16-10-12-18(13-11-16)29(26,27)24-21(14-15-22(25)28-2)23(24)20-9-5-7-17-6-3-4-8-19(17)20/h3-15,21,23H,1-2H3/b15-14+. The topological polar surface area (TPSA) is 63.5 Å². The minimum absolute atomic E-state index is 0.238. The molecule has 1 aliphatic rings. The molecular formula is C23H21NO4S. The summed E-state index contributed by atoms with van der Waals surface area (Å²) in [6.07, 6.45) is 2.89. The zero-order valence-corrected chi connectivity index (χ0v) is 17.0. The monoisotopic (exact) mass is 407 g/mol. The summed E-state index contributed by atoms with van der Waals surface area (Å²) >= 11 is 0. The first kappa shape index (κ1) is 19.4. The van der Waals surface area contributed by atoms with E-state index < -0.39 is 22.0 Å². The average molecular weight is 407 g/mol. The highest BCUT2D eigenvalue weighted by atomic mass is 32.2. The molecule has 0 spiro atoms. The molecule has 1 heterocycles. The first-order valence-electron chi connectivity index (χ1n) is 9.27. The van der Waals surface area contributed by atoms with Crippen molar-refractivity contribution in [1.29, 1.82) is 0 Å². The molecule has 0 saturated carbocycles. The van der Waals surface area contributed by atoms with E-state index >= 15 is 0 Å². The highest BCUT2D eigenvalue weighted by Gasteiger charge is 2.55. The van der Waals surface area contributed by atoms with Gasteiger partial charge in [0.25, 0.3) is 0 Å². The van der Waals surface area contributed by atoms with Gasteiger partial charge in [-0.25, -0.2) is 13.2 Å². The predicted molar refractivity (Wildman–Crippen MR) is 112 cm³/mol. The Hall–Kier alpha value is -2.96. The lowest BCUT2D eigenvalue weighted by Gasteiger charge is -2.09. The van der Waals surface area contributed by atoms with E-state index in [9.17, 15) is 13.2 Å². The van der Waals surface area contributed by atoms with Crippen LogP contribution in [0.25, 0.3) is 10.8 Å². The molecule has 0 N–H and O–H groups in total. The van der Waals surface area contributed by atoms with Gasteiger partial charge < -0.3 is 4.74 Å². The fourth-order valence-corrected chi connectivity index (χ4v) is 5.35. The molecule has 1 aliphatic heterocycles. The fraction of sp³-hybridized carbons (Fsp3) is 0.174. The second kappa shape index (κ2) is 7.46. The molecule has 3 unspecified atom stereocenters. The maximum atomic E-state index is 13.3. The number of hydrogen-bond donors (Lipinski definition) is 0. The van der Waals surface area contributed by atoms with Crippen LogP contribution in [-0.4, -0.2) is 31.8 Å². The van der Waals surface area contributed by atoms with Crippen molar-refractivity contribution in [3.8, 4) is 0 Å². The molecule has 0 amide bonds. The Labute approximate surface area is 170 Å². The van der Waals surface area contributed by atoms with Crippen LogP contribution in [0.5, 0.6) is 0 Å². The molecule has 3 aromatic rings. The number of fused-ring (bicyclic) bond motifs is 1. The van der Waals surface area contributed by atoms with Gasteiger partial charge in [-0.05, 0) is 35.4 Å². The molecule has 0 aliphatic carbocycles. The summed E-state index contributed by atoms with van der Waals surface area (Å²) < 4.78 is 32.8. The molecule has 29 heavy (non-hydrogen) atoms. The largest absolute Gasteiger partial charge is 0.466 e. The summed E-state index contributed by atoms with van der Waals surface area (Å²) in [5, 5.41) is 2.04. The fourth-order valence-electron chi connectivity index (χ4n) is 3.63. The Kier molecular flexibility index (Phi) is 4.98. The Balaban J connectivity index is 1.79. The number of aryl methyl sites for hydroxylation is 1. The van der Waals surface area contributed by atoms with Crippen LogP contribution in [0.15, 0.2) is 83.8 Å². The van der Waals surface area contributed by atoms with E-state index in [0.717, 1.165) is 21.9 Å². The van der Waals surface area contributed by atoms with Gasteiger partial charge in [-0.15, -0.1) is 0 Å². The predicted octanol–water partition coefficient (Wildman–Crippen LogP) is 3.99. The summed E-state index contributed by atoms with van der Waals surface area (Å²) in [6.45, 7) is 1.91. The third kappa shape index (κ3) is 3.57. The van der Waals surface area contributed by atoms with Gasteiger partial charge in [0.15, 0.2) is 0 Å². The van der Waals surface area contributed by atoms with Crippen molar-refractivity contribution in [1.82, 2.24) is 4.31 Å². The van der Waals surface area contributed by atoms with Gasteiger partial charge in [0, 0.05) is 6.08 Å². The highest BCUT2D eigenvalue weighted by molar-refractivity contribution is 7.89. The van der Waals surface area contributed by atoms with Crippen molar-refractivity contribution in [3.63, 3.8) is 0 Å². The Morgan fingerprint density at radius 2 is 1.69 bits per heavy atom. The molecule has 4 rings (SSSR count). The van der Waals surface area contributed by atoms with Crippen LogP contribution in [-0.2, 0) is 19.6 Å². The first-order valence-corrected chi connectivity index (χ1v) is 10.7. The third-order valence-electron chi connectivity index (χ3n) is 5.17. The van der Waals surface area contributed by atoms with E-state index in [1.54, 1.807) is 30.3 Å². The third-order valence-corrected chi connectivity index (χ3v) is 7.06. The van der Waals surface area contributed by atoms with E-state index in [1.807, 2.05) is 49.4 Å². The number of benzene rings is 3. The molecule has 0 aromatic heterocycles. The number of nitrogens with zero attached hydrogens (tertiary/aromatic N) is 1. The van der Waals surface area contributed by atoms with Crippen LogP contribution in [0.1, 0.15) is 17.2 Å². The van der Waals surface area contributed by atoms with Crippen LogP contribution in [0.2, 0.25) is 0 Å². The number of esters is 1. The number of ether oxygens (including phenoxy) is 1. The number of sulfonamides is 1. The Morgan fingerprint density at radius 3 is 2.41 bits per heavy atom. The number of carbonyl (C=O) groups excluding carboxylic acids is 1. The molecule has 3 aromatic carbocycles. The SMILES string of the molecule is COC(=O)/C=C/C1C(c2cccc3ccccc23)N1S(=O)(=O)c1ccc(C)cc1. The maximum absolute atomic E-state index is 13.3. The quantitative estimate of drug-likeness (QED) is 0.364. The van der Waals surface area contributed by atoms with E-state index in [4.69, 9.17) is 0 Å². The molecular weight excluding hydrogens is 386 g/mol. The van der Waals surface area contributed by atoms with Gasteiger partial charge in [-0.2, -0.15) is 4.31 Å². The number of rotatable bonds is 5. The maximum Gasteiger partial charge on any atom is 0.330 e. The second-order valence-corrected chi connectivity index (χ2v) is 8.88. The summed E-state index contributed by atoms with van der Waals surface area (Å²) in [7, 11) is -2.43. The second-order valence-electron chi connectivity index (χ2n) is 7.03. The molecule has 1 saturated heterocycles. The Bertz CT molecular complexity index is 1190. The van der Waals surface area contributed by atoms with Crippen LogP contribution in [0.3, 0.4) is 0 Å². The van der Waals surface area contributed by atoms with Crippen molar-refractivity contribution in [2.45, 2.75) is 23.9 Å². The van der Waals surface area contributed by atoms with Crippen molar-refractivity contribution in [2.24, 2.45) is 0 Å². The zero-order valence-electron chi connectivity index (χ0n) is 16.1. The summed E-state index contributed by atoms with van der Waals surface area (Å²) in [5.74, 6) is -0.513. The smallest absolute Gasteiger partial charge is 0.330 e. The average Bonchev–Trinajstić information content (AvgIpc) is 3.47. The number of hydrogen-bond acceptors (Lipinski definition) is 4. The van der Waals surface area contributed by atoms with Crippen LogP contribution < -0.4 is 0 Å². The molecule has 6 heteroatoms. The molecule has 148 valence electrons. The van der Waals surface area contributed by atoms with Crippen molar-refractivity contribution < 1.29 is 17.9 Å². The minimum Gasteiger partial charge on any atom is -0.466 e. The minimum atomic E-state index is -3.72. The lowest BCUT2D eigenvalue weighted by atomic mass is 10.0. The molecule has 1 fully saturated rings. The molecule has 3 atom stereocenters. The van der Waals surface area contributed by atoms with Gasteiger partial charge >= 0.3 is 5.97 Å². The van der Waals surface area contributed by atoms with E-state index in [2.05, 4.69) is 4.74 Å². The Morgan fingerprint density at radius 1 is 1.00 bits per heavy atom. The lowest BCUT2D eigenvalue weighted by Crippen LogP contribution is -2.14. The van der Waals surface area contributed by atoms with Gasteiger partial charge in [0.2, 0.25) is 10.0 Å². The molecule has 0 radical (unpaired) electrons. The zero-order chi connectivity index (χ0) is 20.6. The summed E-state index contributed by atoms with van der Waals surface area (Å²) in [6, 6.07) is 19.7. The normalized spacial score (nSPS) is 21.4. The van der Waals surface area contributed by atoms with Crippen molar-refractivity contribution in [3.05, 3.63) is 90.0 Å². The number of carbonyl (C=O) groups is 1. The molecule has 5 nitrogen and oxygen atoms in total.